The number of nitrogens with two attached hydrogens (primary N) is 1. The van der Waals surface area contributed by atoms with E-state index in [0.717, 1.165) is 17.7 Å². The Kier molecular flexibility index (Phi) is 4.87. The van der Waals surface area contributed by atoms with Crippen LogP contribution in [-0.4, -0.2) is 10.9 Å². The van der Waals surface area contributed by atoms with Gasteiger partial charge in [-0.3, -0.25) is 10.3 Å². The maximum Gasteiger partial charge on any atom is 0.194 e. The van der Waals surface area contributed by atoms with Crippen molar-refractivity contribution in [2.75, 3.05) is 4.90 Å². The Morgan fingerprint density at radius 2 is 1.46 bits per heavy atom. The summed E-state index contributed by atoms with van der Waals surface area (Å²) < 4.78 is 0. The van der Waals surface area contributed by atoms with Crippen LogP contribution in [0.4, 0.5) is 5.82 Å². The van der Waals surface area contributed by atoms with Crippen LogP contribution in [0.5, 0.6) is 0 Å². The van der Waals surface area contributed by atoms with Crippen molar-refractivity contribution < 1.29 is 0 Å². The number of nitrogens with zero attached hydrogens (tertiary/aromatic N) is 2. The van der Waals surface area contributed by atoms with E-state index < -0.39 is 0 Å². The lowest BCUT2D eigenvalue weighted by Gasteiger charge is -2.22. The van der Waals surface area contributed by atoms with Crippen LogP contribution in [0.15, 0.2) is 78.9 Å². The maximum absolute atomic E-state index is 7.89. The van der Waals surface area contributed by atoms with Crippen molar-refractivity contribution in [3.63, 3.8) is 0 Å². The first-order chi connectivity index (χ1) is 11.7. The summed E-state index contributed by atoms with van der Waals surface area (Å²) in [5.41, 5.74) is 9.04. The third-order valence-electron chi connectivity index (χ3n) is 3.77. The monoisotopic (exact) mass is 316 g/mol. The molecule has 0 radical (unpaired) electrons. The second kappa shape index (κ2) is 7.42. The Morgan fingerprint density at radius 3 is 2.08 bits per heavy atom. The van der Waals surface area contributed by atoms with Crippen LogP contribution in [0.1, 0.15) is 16.8 Å². The highest BCUT2D eigenvalue weighted by Crippen LogP contribution is 2.16. The number of benzene rings is 2. The summed E-state index contributed by atoms with van der Waals surface area (Å²) in [5, 5.41) is 7.89. The van der Waals surface area contributed by atoms with Crippen molar-refractivity contribution in [2.24, 2.45) is 5.73 Å². The van der Waals surface area contributed by atoms with E-state index in [0.29, 0.717) is 12.4 Å². The first-order valence-corrected chi connectivity index (χ1v) is 7.88. The Morgan fingerprint density at radius 1 is 0.833 bits per heavy atom. The number of nitrogens with one attached hydrogen (secondary N) is 1. The molecule has 3 N–H and O–H groups in total. The van der Waals surface area contributed by atoms with Gasteiger partial charge in [0.15, 0.2) is 5.96 Å². The van der Waals surface area contributed by atoms with Crippen LogP contribution in [-0.2, 0) is 13.0 Å². The van der Waals surface area contributed by atoms with E-state index in [1.165, 1.54) is 5.56 Å². The van der Waals surface area contributed by atoms with E-state index in [1.54, 1.807) is 4.90 Å². The Labute approximate surface area is 142 Å². The molecule has 3 rings (SSSR count). The zero-order chi connectivity index (χ0) is 16.8. The largest absolute Gasteiger partial charge is 0.370 e. The molecule has 0 saturated heterocycles. The first kappa shape index (κ1) is 15.7. The molecule has 0 bridgehead atoms. The second-order valence-electron chi connectivity index (χ2n) is 5.61. The molecule has 0 atom stereocenters. The number of pyridine rings is 1. The van der Waals surface area contributed by atoms with Gasteiger partial charge in [-0.25, -0.2) is 4.98 Å². The lowest BCUT2D eigenvalue weighted by atomic mass is 10.1. The van der Waals surface area contributed by atoms with Gasteiger partial charge in [-0.05, 0) is 23.3 Å². The quantitative estimate of drug-likeness (QED) is 0.558. The van der Waals surface area contributed by atoms with E-state index >= 15 is 0 Å². The van der Waals surface area contributed by atoms with E-state index in [9.17, 15) is 0 Å². The fourth-order valence-electron chi connectivity index (χ4n) is 2.58. The topological polar surface area (TPSA) is 66.0 Å². The van der Waals surface area contributed by atoms with E-state index in [-0.39, 0.29) is 5.96 Å². The molecule has 0 fully saturated rings. The van der Waals surface area contributed by atoms with Crippen molar-refractivity contribution in [1.82, 2.24) is 4.98 Å². The van der Waals surface area contributed by atoms with Crippen molar-refractivity contribution in [1.29, 1.82) is 5.41 Å². The second-order valence-corrected chi connectivity index (χ2v) is 5.61. The average molecular weight is 316 g/mol. The Balaban J connectivity index is 1.83. The molecular formula is C20H20N4. The van der Waals surface area contributed by atoms with Gasteiger partial charge in [0.25, 0.3) is 0 Å². The predicted molar refractivity (Wildman–Crippen MR) is 98.0 cm³/mol. The van der Waals surface area contributed by atoms with Crippen molar-refractivity contribution in [2.45, 2.75) is 13.0 Å². The van der Waals surface area contributed by atoms with E-state index in [2.05, 4.69) is 12.1 Å². The molecule has 1 aromatic heterocycles. The van der Waals surface area contributed by atoms with Gasteiger partial charge in [-0.1, -0.05) is 66.7 Å². The van der Waals surface area contributed by atoms with Crippen molar-refractivity contribution >= 4 is 11.8 Å². The fourth-order valence-corrected chi connectivity index (χ4v) is 2.58. The maximum atomic E-state index is 7.89. The highest BCUT2D eigenvalue weighted by molar-refractivity contribution is 5.91. The molecule has 4 heteroatoms. The zero-order valence-electron chi connectivity index (χ0n) is 13.4. The average Bonchev–Trinajstić information content (AvgIpc) is 2.61. The van der Waals surface area contributed by atoms with Crippen molar-refractivity contribution in [3.8, 4) is 0 Å². The minimum atomic E-state index is -0.0109. The van der Waals surface area contributed by atoms with Gasteiger partial charge in [0.05, 0.1) is 6.54 Å². The molecule has 0 amide bonds. The normalized spacial score (nSPS) is 10.3. The van der Waals surface area contributed by atoms with Crippen LogP contribution >= 0.6 is 0 Å². The highest BCUT2D eigenvalue weighted by Gasteiger charge is 2.12. The van der Waals surface area contributed by atoms with Crippen LogP contribution in [0.2, 0.25) is 0 Å². The van der Waals surface area contributed by atoms with E-state index in [1.807, 2.05) is 66.7 Å². The van der Waals surface area contributed by atoms with Crippen LogP contribution in [0.3, 0.4) is 0 Å². The summed E-state index contributed by atoms with van der Waals surface area (Å²) in [5.74, 6) is 0.683. The number of anilines is 1. The number of aromatic nitrogens is 1. The van der Waals surface area contributed by atoms with Gasteiger partial charge in [0, 0.05) is 12.1 Å². The van der Waals surface area contributed by atoms with Crippen LogP contribution in [0.25, 0.3) is 0 Å². The third-order valence-corrected chi connectivity index (χ3v) is 3.77. The number of rotatable bonds is 5. The molecule has 2 aromatic carbocycles. The third kappa shape index (κ3) is 3.98. The van der Waals surface area contributed by atoms with Gasteiger partial charge < -0.3 is 5.73 Å². The summed E-state index contributed by atoms with van der Waals surface area (Å²) in [6.45, 7) is 0.526. The lowest BCUT2D eigenvalue weighted by molar-refractivity contribution is 0.940. The summed E-state index contributed by atoms with van der Waals surface area (Å²) in [6.07, 6.45) is 0.756. The number of hydrogen-bond donors (Lipinski definition) is 2. The Hall–Kier alpha value is -3.14. The minimum Gasteiger partial charge on any atom is -0.370 e. The molecule has 0 spiro atoms. The molecule has 0 aliphatic heterocycles. The molecule has 0 unspecified atom stereocenters. The van der Waals surface area contributed by atoms with Gasteiger partial charge in [0.1, 0.15) is 5.82 Å². The molecule has 0 aliphatic carbocycles. The highest BCUT2D eigenvalue weighted by atomic mass is 15.3. The summed E-state index contributed by atoms with van der Waals surface area (Å²) in [4.78, 5) is 6.40. The van der Waals surface area contributed by atoms with Gasteiger partial charge in [-0.2, -0.15) is 0 Å². The summed E-state index contributed by atoms with van der Waals surface area (Å²) in [7, 11) is 0. The van der Waals surface area contributed by atoms with Crippen LogP contribution in [0, 0.1) is 5.41 Å². The molecular weight excluding hydrogens is 296 g/mol. The van der Waals surface area contributed by atoms with Gasteiger partial charge >= 0.3 is 0 Å². The lowest BCUT2D eigenvalue weighted by Crippen LogP contribution is -2.36. The smallest absolute Gasteiger partial charge is 0.194 e. The van der Waals surface area contributed by atoms with Crippen LogP contribution < -0.4 is 10.6 Å². The molecule has 1 heterocycles. The minimum absolute atomic E-state index is 0.0109. The number of hydrogen-bond acceptors (Lipinski definition) is 2. The van der Waals surface area contributed by atoms with Gasteiger partial charge in [-0.15, -0.1) is 0 Å². The zero-order valence-corrected chi connectivity index (χ0v) is 13.4. The fraction of sp³-hybridized carbons (Fsp3) is 0.100. The molecule has 24 heavy (non-hydrogen) atoms. The molecule has 120 valence electrons. The predicted octanol–water partition coefficient (Wildman–Crippen LogP) is 3.57. The molecule has 3 aromatic rings. The van der Waals surface area contributed by atoms with Crippen molar-refractivity contribution in [3.05, 3.63) is 95.7 Å². The van der Waals surface area contributed by atoms with Gasteiger partial charge in [0.2, 0.25) is 0 Å². The Bertz CT molecular complexity index is 800. The number of guanidine groups is 1. The molecule has 0 aliphatic rings. The summed E-state index contributed by atoms with van der Waals surface area (Å²) >= 11 is 0. The SMILES string of the molecule is N=C(N)N(Cc1ccccc1)c1cccc(Cc2ccccc2)n1. The first-order valence-electron chi connectivity index (χ1n) is 7.88. The molecule has 0 saturated carbocycles. The molecule has 4 nitrogen and oxygen atoms in total. The van der Waals surface area contributed by atoms with E-state index in [4.69, 9.17) is 16.1 Å². The summed E-state index contributed by atoms with van der Waals surface area (Å²) in [6, 6.07) is 26.0. The standard InChI is InChI=1S/C20H20N4/c21-20(22)24(15-17-10-5-2-6-11-17)19-13-7-12-18(23-19)14-16-8-3-1-4-9-16/h1-13H,14-15H2,(H3,21,22).